The number of nitrogens with zero attached hydrogens (tertiary/aromatic N) is 2. The first-order valence-corrected chi connectivity index (χ1v) is 8.17. The van der Waals surface area contributed by atoms with Gasteiger partial charge >= 0.3 is 6.03 Å². The predicted octanol–water partition coefficient (Wildman–Crippen LogP) is 4.32. The number of carbonyl (C=O) groups is 1. The molecule has 3 aromatic rings. The van der Waals surface area contributed by atoms with E-state index in [9.17, 15) is 4.79 Å². The molecule has 0 unspecified atom stereocenters. The second-order valence-electron chi connectivity index (χ2n) is 5.74. The Hall–Kier alpha value is -2.63. The van der Waals surface area contributed by atoms with Crippen molar-refractivity contribution in [2.24, 2.45) is 9.98 Å². The number of nitrogens with one attached hydrogen (secondary N) is 1. The van der Waals surface area contributed by atoms with Crippen LogP contribution in [0.15, 0.2) is 62.9 Å². The van der Waals surface area contributed by atoms with Crippen molar-refractivity contribution in [1.82, 2.24) is 0 Å². The SMILES string of the molecule is Cc1c(Cl)cccc1-c1ccc(CNc2ccc3c(c2)=NC(=O)N=3)o1.Cl. The summed E-state index contributed by atoms with van der Waals surface area (Å²) in [6.07, 6.45) is 0. The molecule has 0 radical (unpaired) electrons. The Morgan fingerprint density at radius 1 is 1.08 bits per heavy atom. The molecule has 0 saturated carbocycles. The van der Waals surface area contributed by atoms with Crippen LogP contribution in [0.25, 0.3) is 11.3 Å². The van der Waals surface area contributed by atoms with Crippen molar-refractivity contribution in [3.05, 3.63) is 75.6 Å². The molecule has 0 saturated heterocycles. The molecule has 1 aromatic heterocycles. The van der Waals surface area contributed by atoms with Crippen LogP contribution in [-0.2, 0) is 6.54 Å². The summed E-state index contributed by atoms with van der Waals surface area (Å²) in [4.78, 5) is 18.9. The van der Waals surface area contributed by atoms with Gasteiger partial charge in [-0.2, -0.15) is 9.98 Å². The number of benzene rings is 2. The first kappa shape index (κ1) is 18.2. The zero-order chi connectivity index (χ0) is 17.4. The molecule has 7 heteroatoms. The highest BCUT2D eigenvalue weighted by molar-refractivity contribution is 6.31. The van der Waals surface area contributed by atoms with Crippen molar-refractivity contribution >= 4 is 35.7 Å². The highest BCUT2D eigenvalue weighted by atomic mass is 35.5. The lowest BCUT2D eigenvalue weighted by Gasteiger charge is -2.05. The third-order valence-corrected chi connectivity index (χ3v) is 4.48. The molecule has 1 N–H and O–H groups in total. The zero-order valence-corrected chi connectivity index (χ0v) is 15.4. The van der Waals surface area contributed by atoms with Crippen molar-refractivity contribution in [3.63, 3.8) is 0 Å². The van der Waals surface area contributed by atoms with E-state index in [1.807, 2.05) is 43.3 Å². The van der Waals surface area contributed by atoms with Crippen molar-refractivity contribution in [3.8, 4) is 11.3 Å². The van der Waals surface area contributed by atoms with Gasteiger partial charge in [-0.05, 0) is 48.9 Å². The quantitative estimate of drug-likeness (QED) is 0.724. The van der Waals surface area contributed by atoms with Gasteiger partial charge in [0.1, 0.15) is 11.5 Å². The van der Waals surface area contributed by atoms with Crippen LogP contribution in [-0.4, -0.2) is 6.03 Å². The highest BCUT2D eigenvalue weighted by Gasteiger charge is 2.10. The lowest BCUT2D eigenvalue weighted by Crippen LogP contribution is -2.21. The van der Waals surface area contributed by atoms with Gasteiger partial charge in [0, 0.05) is 16.3 Å². The monoisotopic (exact) mass is 387 g/mol. The van der Waals surface area contributed by atoms with E-state index >= 15 is 0 Å². The Kier molecular flexibility index (Phi) is 5.11. The number of amides is 2. The second kappa shape index (κ2) is 7.32. The van der Waals surface area contributed by atoms with E-state index in [0.29, 0.717) is 17.3 Å². The third-order valence-electron chi connectivity index (χ3n) is 4.07. The number of hydrogen-bond acceptors (Lipinski definition) is 3. The maximum Gasteiger partial charge on any atom is 0.368 e. The summed E-state index contributed by atoms with van der Waals surface area (Å²) in [6, 6.07) is 14.6. The minimum Gasteiger partial charge on any atom is -0.459 e. The molecule has 0 fully saturated rings. The van der Waals surface area contributed by atoms with Crippen LogP contribution in [0.1, 0.15) is 11.3 Å². The number of hydrogen-bond donors (Lipinski definition) is 1. The fraction of sp³-hybridized carbons (Fsp3) is 0.105. The lowest BCUT2D eigenvalue weighted by atomic mass is 10.1. The molecule has 5 nitrogen and oxygen atoms in total. The van der Waals surface area contributed by atoms with E-state index in [-0.39, 0.29) is 12.4 Å². The van der Waals surface area contributed by atoms with Crippen molar-refractivity contribution < 1.29 is 9.21 Å². The smallest absolute Gasteiger partial charge is 0.368 e. The van der Waals surface area contributed by atoms with Crippen LogP contribution < -0.4 is 16.0 Å². The molecule has 2 amide bonds. The molecule has 2 aromatic carbocycles. The molecule has 1 aliphatic rings. The molecular formula is C19H15Cl2N3O2. The van der Waals surface area contributed by atoms with Gasteiger partial charge in [0.05, 0.1) is 17.3 Å². The molecular weight excluding hydrogens is 373 g/mol. The van der Waals surface area contributed by atoms with Gasteiger partial charge in [0.25, 0.3) is 0 Å². The Balaban J connectivity index is 0.00000196. The Bertz CT molecular complexity index is 1110. The molecule has 0 bridgehead atoms. The molecule has 26 heavy (non-hydrogen) atoms. The average Bonchev–Trinajstić information content (AvgIpc) is 3.20. The van der Waals surface area contributed by atoms with Crippen LogP contribution in [0, 0.1) is 6.92 Å². The topological polar surface area (TPSA) is 67.0 Å². The Morgan fingerprint density at radius 2 is 1.88 bits per heavy atom. The van der Waals surface area contributed by atoms with Gasteiger partial charge < -0.3 is 9.73 Å². The maximum absolute atomic E-state index is 11.2. The summed E-state index contributed by atoms with van der Waals surface area (Å²) in [5.41, 5.74) is 2.83. The zero-order valence-electron chi connectivity index (χ0n) is 13.8. The molecule has 0 spiro atoms. The van der Waals surface area contributed by atoms with Gasteiger partial charge in [-0.25, -0.2) is 4.79 Å². The third kappa shape index (κ3) is 3.49. The predicted molar refractivity (Wildman–Crippen MR) is 103 cm³/mol. The van der Waals surface area contributed by atoms with E-state index in [1.165, 1.54) is 0 Å². The molecule has 2 heterocycles. The summed E-state index contributed by atoms with van der Waals surface area (Å²) in [5.74, 6) is 1.58. The number of furan rings is 1. The van der Waals surface area contributed by atoms with Crippen LogP contribution in [0.2, 0.25) is 5.02 Å². The van der Waals surface area contributed by atoms with E-state index in [4.69, 9.17) is 16.0 Å². The summed E-state index contributed by atoms with van der Waals surface area (Å²) in [5, 5.41) is 5.17. The summed E-state index contributed by atoms with van der Waals surface area (Å²) >= 11 is 6.17. The van der Waals surface area contributed by atoms with Crippen molar-refractivity contribution in [1.29, 1.82) is 0 Å². The van der Waals surface area contributed by atoms with Gasteiger partial charge in [-0.15, -0.1) is 12.4 Å². The number of carbonyl (C=O) groups excluding carboxylic acids is 1. The first-order valence-electron chi connectivity index (χ1n) is 7.80. The first-order chi connectivity index (χ1) is 12.1. The maximum atomic E-state index is 11.2. The Labute approximate surface area is 160 Å². The molecule has 0 aliphatic carbocycles. The Morgan fingerprint density at radius 3 is 2.73 bits per heavy atom. The molecule has 1 aliphatic heterocycles. The number of fused-ring (bicyclic) bond motifs is 1. The van der Waals surface area contributed by atoms with Gasteiger partial charge in [-0.1, -0.05) is 23.7 Å². The summed E-state index contributed by atoms with van der Waals surface area (Å²) < 4.78 is 5.92. The van der Waals surface area contributed by atoms with E-state index < -0.39 is 6.03 Å². The van der Waals surface area contributed by atoms with Gasteiger partial charge in [0.15, 0.2) is 0 Å². The standard InChI is InChI=1S/C19H14ClN3O2.ClH/c1-11-14(3-2-4-15(11)20)18-8-6-13(25-18)10-21-12-5-7-16-17(9-12)23-19(24)22-16;/h2-9,21H,10H2,1H3;1H. The van der Waals surface area contributed by atoms with Crippen LogP contribution in [0.5, 0.6) is 0 Å². The van der Waals surface area contributed by atoms with E-state index in [2.05, 4.69) is 15.3 Å². The van der Waals surface area contributed by atoms with Crippen LogP contribution >= 0.6 is 24.0 Å². The molecule has 4 rings (SSSR count). The fourth-order valence-electron chi connectivity index (χ4n) is 2.73. The van der Waals surface area contributed by atoms with Gasteiger partial charge in [0.2, 0.25) is 0 Å². The normalized spacial score (nSPS) is 12.0. The summed E-state index contributed by atoms with van der Waals surface area (Å²) in [7, 11) is 0. The number of anilines is 1. The number of halogens is 2. The van der Waals surface area contributed by atoms with Crippen molar-refractivity contribution in [2.45, 2.75) is 13.5 Å². The average molecular weight is 388 g/mol. The van der Waals surface area contributed by atoms with Crippen LogP contribution in [0.4, 0.5) is 10.5 Å². The van der Waals surface area contributed by atoms with E-state index in [1.54, 1.807) is 12.1 Å². The molecule has 0 atom stereocenters. The largest absolute Gasteiger partial charge is 0.459 e. The minimum absolute atomic E-state index is 0. The number of rotatable bonds is 4. The minimum atomic E-state index is -0.459. The summed E-state index contributed by atoms with van der Waals surface area (Å²) in [6.45, 7) is 2.49. The van der Waals surface area contributed by atoms with E-state index in [0.717, 1.165) is 33.4 Å². The van der Waals surface area contributed by atoms with Crippen LogP contribution in [0.3, 0.4) is 0 Å². The van der Waals surface area contributed by atoms with Gasteiger partial charge in [-0.3, -0.25) is 0 Å². The van der Waals surface area contributed by atoms with Crippen molar-refractivity contribution in [2.75, 3.05) is 5.32 Å². The second-order valence-corrected chi connectivity index (χ2v) is 6.15. The number of urea groups is 1. The fourth-order valence-corrected chi connectivity index (χ4v) is 2.90. The molecule has 132 valence electrons. The highest BCUT2D eigenvalue weighted by Crippen LogP contribution is 2.29. The lowest BCUT2D eigenvalue weighted by molar-refractivity contribution is 0.256.